The molecule has 1 fully saturated rings. The summed E-state index contributed by atoms with van der Waals surface area (Å²) < 4.78 is 0. The Kier molecular flexibility index (Phi) is 2.55. The first-order chi connectivity index (χ1) is 8.58. The fraction of sp³-hybridized carbons (Fsp3) is 0.500. The molecule has 96 valence electrons. The summed E-state index contributed by atoms with van der Waals surface area (Å²) >= 11 is 0. The number of urea groups is 1. The zero-order chi connectivity index (χ0) is 12.9. The van der Waals surface area contributed by atoms with Crippen LogP contribution in [0.25, 0.3) is 0 Å². The van der Waals surface area contributed by atoms with Crippen molar-refractivity contribution in [1.29, 1.82) is 0 Å². The van der Waals surface area contributed by atoms with Crippen molar-refractivity contribution < 1.29 is 9.69 Å². The van der Waals surface area contributed by atoms with E-state index in [4.69, 9.17) is 5.73 Å². The topological polar surface area (TPSA) is 50.8 Å². The van der Waals surface area contributed by atoms with Gasteiger partial charge >= 0.3 is 6.03 Å². The van der Waals surface area contributed by atoms with Gasteiger partial charge in [0.15, 0.2) is 0 Å². The molecular formula is C14H20N3O+. The van der Waals surface area contributed by atoms with Crippen LogP contribution in [0.5, 0.6) is 0 Å². The van der Waals surface area contributed by atoms with Crippen LogP contribution in [0.4, 0.5) is 10.5 Å². The van der Waals surface area contributed by atoms with Gasteiger partial charge in [0.2, 0.25) is 0 Å². The molecule has 4 nitrogen and oxygen atoms in total. The first kappa shape index (κ1) is 11.5. The first-order valence-electron chi connectivity index (χ1n) is 6.58. The van der Waals surface area contributed by atoms with Crippen molar-refractivity contribution in [3.05, 3.63) is 29.3 Å². The molecule has 2 amide bonds. The number of likely N-dealkylation sites (N-methyl/N-ethyl adjacent to an activating group) is 1. The summed E-state index contributed by atoms with van der Waals surface area (Å²) in [6, 6.07) is 6.27. The molecule has 4 heteroatoms. The van der Waals surface area contributed by atoms with E-state index in [1.165, 1.54) is 16.0 Å². The smallest absolute Gasteiger partial charge is 0.319 e. The highest BCUT2D eigenvalue weighted by molar-refractivity contribution is 5.94. The number of benzene rings is 1. The molecule has 18 heavy (non-hydrogen) atoms. The second-order valence-electron chi connectivity index (χ2n) is 5.64. The molecule has 0 aromatic heterocycles. The minimum absolute atomic E-state index is 0.267. The highest BCUT2D eigenvalue weighted by atomic mass is 16.2. The van der Waals surface area contributed by atoms with E-state index in [9.17, 15) is 4.79 Å². The van der Waals surface area contributed by atoms with Crippen molar-refractivity contribution in [2.75, 3.05) is 25.0 Å². The fourth-order valence-corrected chi connectivity index (χ4v) is 3.49. The number of nitrogens with two attached hydrogens (primary N) is 1. The number of nitrogens with one attached hydrogen (secondary N) is 1. The second-order valence-corrected chi connectivity index (χ2v) is 5.64. The number of carbonyl (C=O) groups is 1. The maximum absolute atomic E-state index is 11.7. The van der Waals surface area contributed by atoms with E-state index >= 15 is 0 Å². The Morgan fingerprint density at radius 1 is 1.50 bits per heavy atom. The monoisotopic (exact) mass is 246 g/mol. The van der Waals surface area contributed by atoms with E-state index in [1.807, 2.05) is 11.0 Å². The fourth-order valence-electron chi connectivity index (χ4n) is 3.49. The van der Waals surface area contributed by atoms with E-state index in [1.54, 1.807) is 0 Å². The lowest BCUT2D eigenvalue weighted by Gasteiger charge is -2.33. The van der Waals surface area contributed by atoms with Crippen molar-refractivity contribution in [3.8, 4) is 0 Å². The van der Waals surface area contributed by atoms with E-state index in [-0.39, 0.29) is 12.1 Å². The van der Waals surface area contributed by atoms with Crippen LogP contribution in [0.2, 0.25) is 0 Å². The maximum Gasteiger partial charge on any atom is 0.319 e. The molecule has 1 aromatic carbocycles. The van der Waals surface area contributed by atoms with Crippen LogP contribution in [0.3, 0.4) is 0 Å². The van der Waals surface area contributed by atoms with Gasteiger partial charge in [0.1, 0.15) is 0 Å². The number of nitrogens with zero attached hydrogens (tertiary/aromatic N) is 1. The Balaban J connectivity index is 2.09. The van der Waals surface area contributed by atoms with Gasteiger partial charge in [-0.3, -0.25) is 4.90 Å². The second kappa shape index (κ2) is 3.99. The summed E-state index contributed by atoms with van der Waals surface area (Å²) in [7, 11) is 2.22. The van der Waals surface area contributed by atoms with E-state index < -0.39 is 0 Å². The van der Waals surface area contributed by atoms with Gasteiger partial charge in [0.05, 0.1) is 32.1 Å². The van der Waals surface area contributed by atoms with Gasteiger partial charge < -0.3 is 10.6 Å². The number of primary amides is 1. The van der Waals surface area contributed by atoms with E-state index in [2.05, 4.69) is 26.1 Å². The molecule has 2 heterocycles. The lowest BCUT2D eigenvalue weighted by atomic mass is 9.89. The van der Waals surface area contributed by atoms with Crippen molar-refractivity contribution in [2.24, 2.45) is 5.73 Å². The number of hydrogen-bond acceptors (Lipinski definition) is 1. The van der Waals surface area contributed by atoms with E-state index in [0.717, 1.165) is 25.2 Å². The number of rotatable bonds is 0. The number of likely N-dealkylation sites (tertiary alicyclic amines) is 1. The zero-order valence-corrected chi connectivity index (χ0v) is 10.9. The van der Waals surface area contributed by atoms with Crippen molar-refractivity contribution in [2.45, 2.75) is 25.3 Å². The lowest BCUT2D eigenvalue weighted by Crippen LogP contribution is -3.11. The first-order valence-corrected chi connectivity index (χ1v) is 6.58. The lowest BCUT2D eigenvalue weighted by molar-refractivity contribution is -0.886. The number of fused-ring (bicyclic) bond motifs is 3. The molecule has 2 aliphatic heterocycles. The van der Waals surface area contributed by atoms with Crippen LogP contribution in [0.1, 0.15) is 23.5 Å². The minimum atomic E-state index is -0.313. The van der Waals surface area contributed by atoms with Crippen LogP contribution in [-0.2, 0) is 0 Å². The summed E-state index contributed by atoms with van der Waals surface area (Å²) in [6.45, 7) is 4.30. The Morgan fingerprint density at radius 2 is 2.28 bits per heavy atom. The number of piperidine rings is 1. The van der Waals surface area contributed by atoms with Crippen molar-refractivity contribution in [1.82, 2.24) is 0 Å². The van der Waals surface area contributed by atoms with Gasteiger partial charge in [-0.2, -0.15) is 0 Å². The summed E-state index contributed by atoms with van der Waals surface area (Å²) in [5.41, 5.74) is 9.15. The summed E-state index contributed by atoms with van der Waals surface area (Å²) in [5.74, 6) is 0.446. The summed E-state index contributed by atoms with van der Waals surface area (Å²) in [5, 5.41) is 0. The van der Waals surface area contributed by atoms with Crippen LogP contribution >= 0.6 is 0 Å². The largest absolute Gasteiger partial charge is 0.351 e. The van der Waals surface area contributed by atoms with Crippen LogP contribution in [-0.4, -0.2) is 32.2 Å². The molecule has 0 spiro atoms. The molecule has 0 aliphatic carbocycles. The molecular weight excluding hydrogens is 226 g/mol. The zero-order valence-electron chi connectivity index (χ0n) is 10.9. The van der Waals surface area contributed by atoms with Gasteiger partial charge in [-0.1, -0.05) is 17.7 Å². The third-order valence-electron chi connectivity index (χ3n) is 4.31. The molecule has 0 bridgehead atoms. The summed E-state index contributed by atoms with van der Waals surface area (Å²) in [6.07, 6.45) is 1.03. The maximum atomic E-state index is 11.7. The Labute approximate surface area is 107 Å². The predicted octanol–water partition coefficient (Wildman–Crippen LogP) is 0.264. The number of aryl methyl sites for hydroxylation is 1. The number of hydrogen-bond donors (Lipinski definition) is 2. The molecule has 1 unspecified atom stereocenters. The van der Waals surface area contributed by atoms with Crippen molar-refractivity contribution in [3.63, 3.8) is 0 Å². The predicted molar refractivity (Wildman–Crippen MR) is 71.0 cm³/mol. The molecule has 0 saturated carbocycles. The van der Waals surface area contributed by atoms with Gasteiger partial charge in [-0.15, -0.1) is 0 Å². The summed E-state index contributed by atoms with van der Waals surface area (Å²) in [4.78, 5) is 15.1. The molecule has 3 atom stereocenters. The van der Waals surface area contributed by atoms with Gasteiger partial charge in [-0.25, -0.2) is 4.79 Å². The standard InChI is InChI=1S/C14H19N3O/c1-9-3-4-12-10(7-9)11-8-16(2)6-5-13(11)17(12)14(15)18/h3-4,7,11,13H,5-6,8H2,1-2H3,(H2,15,18)/p+1/t11-,13+/m1/s1. The molecule has 3 N–H and O–H groups in total. The molecule has 0 radical (unpaired) electrons. The quantitative estimate of drug-likeness (QED) is 0.678. The van der Waals surface area contributed by atoms with E-state index in [0.29, 0.717) is 5.92 Å². The third-order valence-corrected chi connectivity index (χ3v) is 4.31. The number of carbonyl (C=O) groups excluding carboxylic acids is 1. The molecule has 2 aliphatic rings. The molecule has 1 saturated heterocycles. The SMILES string of the molecule is Cc1ccc2c(c1)[C@H]1C[NH+](C)CC[C@@H]1N2C(N)=O. The highest BCUT2D eigenvalue weighted by Gasteiger charge is 2.45. The van der Waals surface area contributed by atoms with Crippen molar-refractivity contribution >= 4 is 11.7 Å². The Hall–Kier alpha value is -1.55. The molecule has 1 aromatic rings. The van der Waals surface area contributed by atoms with Crippen LogP contribution in [0, 0.1) is 6.92 Å². The van der Waals surface area contributed by atoms with Gasteiger partial charge in [0, 0.05) is 12.1 Å². The average molecular weight is 246 g/mol. The van der Waals surface area contributed by atoms with Gasteiger partial charge in [0.25, 0.3) is 0 Å². The Bertz CT molecular complexity index is 500. The van der Waals surface area contributed by atoms with Crippen LogP contribution < -0.4 is 15.5 Å². The molecule has 3 rings (SSSR count). The third kappa shape index (κ3) is 1.60. The highest BCUT2D eigenvalue weighted by Crippen LogP contribution is 2.42. The number of anilines is 1. The Morgan fingerprint density at radius 3 is 3.00 bits per heavy atom. The van der Waals surface area contributed by atoms with Crippen LogP contribution in [0.15, 0.2) is 18.2 Å². The number of quaternary nitrogens is 1. The van der Waals surface area contributed by atoms with Gasteiger partial charge in [-0.05, 0) is 18.6 Å². The average Bonchev–Trinajstić information content (AvgIpc) is 2.62. The normalized spacial score (nSPS) is 29.9. The number of amides is 2. The minimum Gasteiger partial charge on any atom is -0.351 e.